The van der Waals surface area contributed by atoms with Crippen LogP contribution in [0.25, 0.3) is 10.9 Å². The lowest BCUT2D eigenvalue weighted by atomic mass is 10.1. The minimum absolute atomic E-state index is 0.165. The van der Waals surface area contributed by atoms with Crippen molar-refractivity contribution < 1.29 is 9.53 Å². The Balaban J connectivity index is 1.78. The van der Waals surface area contributed by atoms with Gasteiger partial charge in [0.25, 0.3) is 0 Å². The van der Waals surface area contributed by atoms with Gasteiger partial charge in [-0.1, -0.05) is 18.2 Å². The zero-order valence-electron chi connectivity index (χ0n) is 11.7. The average molecular weight is 285 g/mol. The summed E-state index contributed by atoms with van der Waals surface area (Å²) in [6.07, 6.45) is 0.263. The maximum atomic E-state index is 12.1. The molecular weight excluding hydrogens is 270 g/mol. The molecular formula is C14H15N5O2. The molecule has 0 saturated heterocycles. The fraction of sp³-hybridized carbons (Fsp3) is 0.214. The number of carbonyl (C=O) groups is 1. The Morgan fingerprint density at radius 2 is 2.19 bits per heavy atom. The fourth-order valence-corrected chi connectivity index (χ4v) is 2.29. The molecule has 3 aromatic rings. The van der Waals surface area contributed by atoms with Crippen molar-refractivity contribution in [2.45, 2.75) is 13.3 Å². The first-order valence-corrected chi connectivity index (χ1v) is 6.50. The first kappa shape index (κ1) is 13.2. The third-order valence-electron chi connectivity index (χ3n) is 3.27. The van der Waals surface area contributed by atoms with Gasteiger partial charge in [-0.2, -0.15) is 4.98 Å². The summed E-state index contributed by atoms with van der Waals surface area (Å²) < 4.78 is 4.85. The first-order chi connectivity index (χ1) is 10.2. The third-order valence-corrected chi connectivity index (χ3v) is 3.27. The van der Waals surface area contributed by atoms with Crippen molar-refractivity contribution in [3.63, 3.8) is 0 Å². The van der Waals surface area contributed by atoms with Crippen LogP contribution in [0.4, 0.5) is 5.95 Å². The number of methoxy groups -OCH3 is 1. The molecule has 7 heteroatoms. The van der Waals surface area contributed by atoms with Gasteiger partial charge in [-0.25, -0.2) is 5.10 Å². The second-order valence-corrected chi connectivity index (χ2v) is 4.67. The number of benzene rings is 1. The highest BCUT2D eigenvalue weighted by Gasteiger charge is 2.13. The lowest BCUT2D eigenvalue weighted by Crippen LogP contribution is -2.15. The predicted molar refractivity (Wildman–Crippen MR) is 78.3 cm³/mol. The van der Waals surface area contributed by atoms with E-state index in [1.54, 1.807) is 0 Å². The smallest absolute Gasteiger partial charge is 0.336 e. The summed E-state index contributed by atoms with van der Waals surface area (Å²) in [5.41, 5.74) is 3.00. The number of aromatic amines is 2. The van der Waals surface area contributed by atoms with E-state index >= 15 is 0 Å². The van der Waals surface area contributed by atoms with Gasteiger partial charge in [0.05, 0.1) is 13.5 Å². The molecule has 0 aliphatic rings. The number of nitrogens with zero attached hydrogens (tertiary/aromatic N) is 2. The molecule has 0 bridgehead atoms. The number of amides is 1. The molecule has 0 atom stereocenters. The molecule has 3 N–H and O–H groups in total. The Labute approximate surface area is 120 Å². The monoisotopic (exact) mass is 285 g/mol. The highest BCUT2D eigenvalue weighted by Crippen LogP contribution is 2.22. The number of carbonyl (C=O) groups excluding carboxylic acids is 1. The number of ether oxygens (including phenoxy) is 1. The number of nitrogens with one attached hydrogen (secondary N) is 3. The Hall–Kier alpha value is -2.83. The molecule has 3 rings (SSSR count). The number of anilines is 1. The molecule has 0 unspecified atom stereocenters. The molecule has 21 heavy (non-hydrogen) atoms. The van der Waals surface area contributed by atoms with Gasteiger partial charge in [0.15, 0.2) is 0 Å². The standard InChI is InChI=1S/C14H15N5O2/c1-8-10(9-5-3-4-6-11(9)15-8)7-12(20)16-13-17-14(21-2)19-18-13/h3-6,15H,7H2,1-2H3,(H2,16,17,18,19,20). The number of para-hydroxylation sites is 1. The Kier molecular flexibility index (Phi) is 3.31. The number of aryl methyl sites for hydroxylation is 1. The van der Waals surface area contributed by atoms with Crippen LogP contribution in [-0.2, 0) is 11.2 Å². The quantitative estimate of drug-likeness (QED) is 0.681. The molecule has 0 fully saturated rings. The summed E-state index contributed by atoms with van der Waals surface area (Å²) >= 11 is 0. The van der Waals surface area contributed by atoms with Crippen molar-refractivity contribution >= 4 is 22.8 Å². The summed E-state index contributed by atoms with van der Waals surface area (Å²) in [6, 6.07) is 8.10. The topological polar surface area (TPSA) is 95.7 Å². The molecule has 0 saturated carbocycles. The van der Waals surface area contributed by atoms with Crippen molar-refractivity contribution in [3.05, 3.63) is 35.5 Å². The van der Waals surface area contributed by atoms with E-state index in [1.165, 1.54) is 7.11 Å². The molecule has 108 valence electrons. The lowest BCUT2D eigenvalue weighted by molar-refractivity contribution is -0.115. The summed E-state index contributed by atoms with van der Waals surface area (Å²) in [6.45, 7) is 1.96. The van der Waals surface area contributed by atoms with E-state index < -0.39 is 0 Å². The second kappa shape index (κ2) is 5.28. The van der Waals surface area contributed by atoms with Crippen molar-refractivity contribution in [1.82, 2.24) is 20.2 Å². The van der Waals surface area contributed by atoms with Crippen molar-refractivity contribution in [1.29, 1.82) is 0 Å². The van der Waals surface area contributed by atoms with E-state index in [2.05, 4.69) is 25.5 Å². The minimum Gasteiger partial charge on any atom is -0.466 e. The van der Waals surface area contributed by atoms with E-state index in [4.69, 9.17) is 4.74 Å². The van der Waals surface area contributed by atoms with Crippen molar-refractivity contribution in [3.8, 4) is 6.01 Å². The summed E-state index contributed by atoms with van der Waals surface area (Å²) in [7, 11) is 1.46. The van der Waals surface area contributed by atoms with Gasteiger partial charge in [-0.3, -0.25) is 10.1 Å². The normalized spacial score (nSPS) is 10.8. The molecule has 0 aliphatic heterocycles. The van der Waals surface area contributed by atoms with Gasteiger partial charge in [0.1, 0.15) is 0 Å². The zero-order chi connectivity index (χ0) is 14.8. The Morgan fingerprint density at radius 3 is 2.95 bits per heavy atom. The molecule has 1 amide bonds. The summed E-state index contributed by atoms with van der Waals surface area (Å²) in [5, 5.41) is 10.1. The number of aromatic nitrogens is 4. The van der Waals surface area contributed by atoms with Gasteiger partial charge in [-0.05, 0) is 18.6 Å². The molecule has 2 aromatic heterocycles. The SMILES string of the molecule is COc1n[nH]c(NC(=O)Cc2c(C)[nH]c3ccccc23)n1. The predicted octanol–water partition coefficient (Wildman–Crippen LogP) is 1.78. The van der Waals surface area contributed by atoms with Crippen LogP contribution in [0, 0.1) is 6.92 Å². The van der Waals surface area contributed by atoms with Crippen molar-refractivity contribution in [2.75, 3.05) is 12.4 Å². The van der Waals surface area contributed by atoms with Gasteiger partial charge in [-0.15, -0.1) is 5.10 Å². The van der Waals surface area contributed by atoms with Gasteiger partial charge >= 0.3 is 6.01 Å². The first-order valence-electron chi connectivity index (χ1n) is 6.50. The van der Waals surface area contributed by atoms with Crippen LogP contribution < -0.4 is 10.1 Å². The van der Waals surface area contributed by atoms with E-state index in [0.29, 0.717) is 0 Å². The second-order valence-electron chi connectivity index (χ2n) is 4.67. The molecule has 0 spiro atoms. The minimum atomic E-state index is -0.165. The molecule has 1 aromatic carbocycles. The third kappa shape index (κ3) is 2.58. The van der Waals surface area contributed by atoms with Crippen LogP contribution >= 0.6 is 0 Å². The zero-order valence-corrected chi connectivity index (χ0v) is 11.7. The molecule has 7 nitrogen and oxygen atoms in total. The largest absolute Gasteiger partial charge is 0.466 e. The fourth-order valence-electron chi connectivity index (χ4n) is 2.29. The van der Waals surface area contributed by atoms with E-state index in [0.717, 1.165) is 22.2 Å². The van der Waals surface area contributed by atoms with Crippen LogP contribution in [0.1, 0.15) is 11.3 Å². The number of H-pyrrole nitrogens is 2. The van der Waals surface area contributed by atoms with Crippen LogP contribution in [0.2, 0.25) is 0 Å². The lowest BCUT2D eigenvalue weighted by Gasteiger charge is -2.02. The van der Waals surface area contributed by atoms with Crippen LogP contribution in [0.3, 0.4) is 0 Å². The van der Waals surface area contributed by atoms with E-state index in [9.17, 15) is 4.79 Å². The van der Waals surface area contributed by atoms with Gasteiger partial charge in [0.2, 0.25) is 11.9 Å². The van der Waals surface area contributed by atoms with Crippen LogP contribution in [0.15, 0.2) is 24.3 Å². The van der Waals surface area contributed by atoms with Crippen molar-refractivity contribution in [2.24, 2.45) is 0 Å². The highest BCUT2D eigenvalue weighted by molar-refractivity contribution is 5.95. The highest BCUT2D eigenvalue weighted by atomic mass is 16.5. The summed E-state index contributed by atoms with van der Waals surface area (Å²) in [5.74, 6) is 0.107. The van der Waals surface area contributed by atoms with E-state index in [1.807, 2.05) is 31.2 Å². The number of fused-ring (bicyclic) bond motifs is 1. The maximum absolute atomic E-state index is 12.1. The van der Waals surface area contributed by atoms with Gasteiger partial charge in [0, 0.05) is 16.6 Å². The maximum Gasteiger partial charge on any atom is 0.336 e. The molecule has 0 aliphatic carbocycles. The number of rotatable bonds is 4. The van der Waals surface area contributed by atoms with Crippen LogP contribution in [0.5, 0.6) is 6.01 Å². The van der Waals surface area contributed by atoms with Crippen LogP contribution in [-0.4, -0.2) is 33.2 Å². The van der Waals surface area contributed by atoms with E-state index in [-0.39, 0.29) is 24.3 Å². The number of hydrogen-bond donors (Lipinski definition) is 3. The molecule has 2 heterocycles. The Bertz CT molecular complexity index is 790. The van der Waals surface area contributed by atoms with Gasteiger partial charge < -0.3 is 9.72 Å². The summed E-state index contributed by atoms with van der Waals surface area (Å²) in [4.78, 5) is 19.3. The number of hydrogen-bond acceptors (Lipinski definition) is 4. The average Bonchev–Trinajstić information content (AvgIpc) is 3.04. The Morgan fingerprint density at radius 1 is 1.38 bits per heavy atom. The molecule has 0 radical (unpaired) electrons.